The van der Waals surface area contributed by atoms with Gasteiger partial charge in [-0.15, -0.1) is 0 Å². The molecule has 0 radical (unpaired) electrons. The fraction of sp³-hybridized carbons (Fsp3) is 1.00. The molecule has 1 aliphatic carbocycles. The van der Waals surface area contributed by atoms with E-state index in [1.807, 2.05) is 0 Å². The Bertz CT molecular complexity index is 210. The van der Waals surface area contributed by atoms with Gasteiger partial charge in [-0.25, -0.2) is 0 Å². The first-order chi connectivity index (χ1) is 7.71. The highest BCUT2D eigenvalue weighted by molar-refractivity contribution is 4.96. The lowest BCUT2D eigenvalue weighted by molar-refractivity contribution is 0.0175. The van der Waals surface area contributed by atoms with Crippen molar-refractivity contribution in [3.8, 4) is 0 Å². The van der Waals surface area contributed by atoms with Crippen LogP contribution >= 0.6 is 0 Å². The van der Waals surface area contributed by atoms with Gasteiger partial charge >= 0.3 is 0 Å². The Morgan fingerprint density at radius 3 is 2.94 bits per heavy atom. The summed E-state index contributed by atoms with van der Waals surface area (Å²) in [7, 11) is 0. The predicted octanol–water partition coefficient (Wildman–Crippen LogP) is 1.96. The van der Waals surface area contributed by atoms with Crippen molar-refractivity contribution in [3.63, 3.8) is 0 Å². The molecule has 1 aliphatic heterocycles. The van der Waals surface area contributed by atoms with Crippen molar-refractivity contribution in [2.75, 3.05) is 26.4 Å². The van der Waals surface area contributed by atoms with Gasteiger partial charge in [0.2, 0.25) is 0 Å². The van der Waals surface area contributed by atoms with Gasteiger partial charge in [-0.2, -0.15) is 0 Å². The molecule has 16 heavy (non-hydrogen) atoms. The van der Waals surface area contributed by atoms with E-state index in [9.17, 15) is 0 Å². The zero-order valence-electron chi connectivity index (χ0n) is 10.6. The molecule has 94 valence electrons. The molecule has 2 rings (SSSR count). The Hall–Kier alpha value is -0.120. The minimum Gasteiger partial charge on any atom is -0.377 e. The molecule has 0 aromatic carbocycles. The summed E-state index contributed by atoms with van der Waals surface area (Å²) in [6.07, 6.45) is 5.47. The fourth-order valence-corrected chi connectivity index (χ4v) is 2.21. The van der Waals surface area contributed by atoms with E-state index in [2.05, 4.69) is 19.2 Å². The summed E-state index contributed by atoms with van der Waals surface area (Å²) in [5, 5.41) is 3.54. The molecular weight excluding hydrogens is 202 g/mol. The molecule has 1 heterocycles. The Kier molecular flexibility index (Phi) is 4.22. The fourth-order valence-electron chi connectivity index (χ4n) is 2.21. The molecule has 2 fully saturated rings. The van der Waals surface area contributed by atoms with Crippen LogP contribution in [0.1, 0.15) is 39.5 Å². The Morgan fingerprint density at radius 1 is 1.50 bits per heavy atom. The van der Waals surface area contributed by atoms with Crippen molar-refractivity contribution in [1.82, 2.24) is 5.32 Å². The zero-order chi connectivity index (χ0) is 11.4. The van der Waals surface area contributed by atoms with Crippen molar-refractivity contribution in [2.24, 2.45) is 5.41 Å². The second-order valence-electron chi connectivity index (χ2n) is 5.54. The van der Waals surface area contributed by atoms with Crippen LogP contribution in [0.5, 0.6) is 0 Å². The van der Waals surface area contributed by atoms with Crippen molar-refractivity contribution in [3.05, 3.63) is 0 Å². The van der Waals surface area contributed by atoms with E-state index in [1.54, 1.807) is 0 Å². The van der Waals surface area contributed by atoms with Crippen LogP contribution in [0.2, 0.25) is 0 Å². The Morgan fingerprint density at radius 2 is 2.31 bits per heavy atom. The highest BCUT2D eigenvalue weighted by Gasteiger charge is 2.41. The van der Waals surface area contributed by atoms with Crippen LogP contribution in [0.4, 0.5) is 0 Å². The summed E-state index contributed by atoms with van der Waals surface area (Å²) in [4.78, 5) is 0. The maximum Gasteiger partial charge on any atom is 0.0809 e. The van der Waals surface area contributed by atoms with Crippen LogP contribution in [0.3, 0.4) is 0 Å². The van der Waals surface area contributed by atoms with Gasteiger partial charge in [-0.05, 0) is 38.0 Å². The standard InChI is InChI=1S/C13H25NO2/c1-11(13(2)5-6-13)14-7-9-15-10-12-4-3-8-16-12/h11-12,14H,3-10H2,1-2H3. The van der Waals surface area contributed by atoms with Crippen molar-refractivity contribution >= 4 is 0 Å². The summed E-state index contributed by atoms with van der Waals surface area (Å²) < 4.78 is 11.1. The molecular formula is C13H25NO2. The van der Waals surface area contributed by atoms with Gasteiger partial charge in [0.05, 0.1) is 19.3 Å². The third-order valence-corrected chi connectivity index (χ3v) is 4.11. The van der Waals surface area contributed by atoms with Crippen LogP contribution in [0, 0.1) is 5.41 Å². The summed E-state index contributed by atoms with van der Waals surface area (Å²) in [6, 6.07) is 0.624. The smallest absolute Gasteiger partial charge is 0.0809 e. The quantitative estimate of drug-likeness (QED) is 0.674. The average Bonchev–Trinajstić information content (AvgIpc) is 2.81. The number of rotatable bonds is 7. The highest BCUT2D eigenvalue weighted by atomic mass is 16.5. The van der Waals surface area contributed by atoms with Gasteiger partial charge in [0, 0.05) is 19.2 Å². The third-order valence-electron chi connectivity index (χ3n) is 4.11. The molecule has 2 aliphatic rings. The van der Waals surface area contributed by atoms with Gasteiger partial charge < -0.3 is 14.8 Å². The second-order valence-corrected chi connectivity index (χ2v) is 5.54. The van der Waals surface area contributed by atoms with Crippen LogP contribution in [0.25, 0.3) is 0 Å². The van der Waals surface area contributed by atoms with Crippen molar-refractivity contribution in [2.45, 2.75) is 51.7 Å². The summed E-state index contributed by atoms with van der Waals surface area (Å²) in [6.45, 7) is 8.10. The van der Waals surface area contributed by atoms with E-state index in [0.29, 0.717) is 17.6 Å². The Labute approximate surface area is 98.9 Å². The summed E-state index contributed by atoms with van der Waals surface area (Å²) in [5.41, 5.74) is 0.564. The second kappa shape index (κ2) is 5.48. The third kappa shape index (κ3) is 3.44. The first kappa shape index (κ1) is 12.3. The van der Waals surface area contributed by atoms with Crippen molar-refractivity contribution < 1.29 is 9.47 Å². The van der Waals surface area contributed by atoms with E-state index in [-0.39, 0.29) is 0 Å². The molecule has 1 saturated heterocycles. The van der Waals surface area contributed by atoms with Gasteiger partial charge in [0.1, 0.15) is 0 Å². The SMILES string of the molecule is CC(NCCOCC1CCCO1)C1(C)CC1. The lowest BCUT2D eigenvalue weighted by Crippen LogP contribution is -2.35. The zero-order valence-corrected chi connectivity index (χ0v) is 10.6. The molecule has 1 N–H and O–H groups in total. The minimum atomic E-state index is 0.360. The summed E-state index contributed by atoms with van der Waals surface area (Å²) >= 11 is 0. The lowest BCUT2D eigenvalue weighted by Gasteiger charge is -2.20. The molecule has 2 unspecified atom stereocenters. The Balaban J connectivity index is 1.45. The van der Waals surface area contributed by atoms with Crippen LogP contribution < -0.4 is 5.32 Å². The average molecular weight is 227 g/mol. The number of hydrogen-bond acceptors (Lipinski definition) is 3. The molecule has 0 aromatic heterocycles. The largest absolute Gasteiger partial charge is 0.377 e. The molecule has 2 atom stereocenters. The maximum atomic E-state index is 5.61. The van der Waals surface area contributed by atoms with E-state index in [1.165, 1.54) is 25.7 Å². The van der Waals surface area contributed by atoms with Crippen molar-refractivity contribution in [1.29, 1.82) is 0 Å². The van der Waals surface area contributed by atoms with Gasteiger partial charge in [0.15, 0.2) is 0 Å². The summed E-state index contributed by atoms with van der Waals surface area (Å²) in [5.74, 6) is 0. The van der Waals surface area contributed by atoms with E-state index in [0.717, 1.165) is 26.4 Å². The van der Waals surface area contributed by atoms with Crippen LogP contribution in [0.15, 0.2) is 0 Å². The number of nitrogens with one attached hydrogen (secondary N) is 1. The minimum absolute atomic E-state index is 0.360. The molecule has 1 saturated carbocycles. The molecule has 0 aromatic rings. The van der Waals surface area contributed by atoms with Gasteiger partial charge in [0.25, 0.3) is 0 Å². The molecule has 0 bridgehead atoms. The first-order valence-corrected chi connectivity index (χ1v) is 6.63. The molecule has 3 nitrogen and oxygen atoms in total. The maximum absolute atomic E-state index is 5.61. The van der Waals surface area contributed by atoms with Crippen LogP contribution in [-0.4, -0.2) is 38.5 Å². The van der Waals surface area contributed by atoms with E-state index < -0.39 is 0 Å². The first-order valence-electron chi connectivity index (χ1n) is 6.63. The van der Waals surface area contributed by atoms with E-state index in [4.69, 9.17) is 9.47 Å². The predicted molar refractivity (Wildman–Crippen MR) is 64.6 cm³/mol. The van der Waals surface area contributed by atoms with Crippen LogP contribution in [-0.2, 0) is 9.47 Å². The number of ether oxygens (including phenoxy) is 2. The van der Waals surface area contributed by atoms with Gasteiger partial charge in [-0.1, -0.05) is 6.92 Å². The molecule has 3 heteroatoms. The topological polar surface area (TPSA) is 30.5 Å². The lowest BCUT2D eigenvalue weighted by atomic mass is 10.0. The molecule has 0 spiro atoms. The monoisotopic (exact) mass is 227 g/mol. The molecule has 0 amide bonds. The highest BCUT2D eigenvalue weighted by Crippen LogP contribution is 2.47. The normalized spacial score (nSPS) is 29.2. The van der Waals surface area contributed by atoms with Gasteiger partial charge in [-0.3, -0.25) is 0 Å². The van der Waals surface area contributed by atoms with E-state index >= 15 is 0 Å². The number of hydrogen-bond donors (Lipinski definition) is 1.